The Morgan fingerprint density at radius 3 is 2.11 bits per heavy atom. The van der Waals surface area contributed by atoms with E-state index in [0.717, 1.165) is 65.5 Å². The van der Waals surface area contributed by atoms with Crippen LogP contribution in [0.15, 0.2) is 58.5 Å². The Morgan fingerprint density at radius 2 is 1.54 bits per heavy atom. The minimum absolute atomic E-state index is 0.0358. The van der Waals surface area contributed by atoms with Crippen LogP contribution < -0.4 is 19.5 Å². The Hall–Kier alpha value is -3.37. The molecule has 196 valence electrons. The van der Waals surface area contributed by atoms with Crippen molar-refractivity contribution in [1.29, 1.82) is 0 Å². The molecule has 0 radical (unpaired) electrons. The molecule has 2 heterocycles. The fourth-order valence-corrected chi connectivity index (χ4v) is 6.02. The molecule has 0 aromatic heterocycles. The van der Waals surface area contributed by atoms with Gasteiger partial charge in [-0.3, -0.25) is 4.99 Å². The second-order valence-electron chi connectivity index (χ2n) is 9.52. The maximum absolute atomic E-state index is 11.6. The number of nitrogens with zero attached hydrogens (tertiary/aromatic N) is 2. The Bertz CT molecular complexity index is 1310. The molecular formula is C27H32N4O5S. The summed E-state index contributed by atoms with van der Waals surface area (Å²) < 4.78 is 43.1. The van der Waals surface area contributed by atoms with Crippen molar-refractivity contribution in [2.45, 2.75) is 44.0 Å². The van der Waals surface area contributed by atoms with Crippen molar-refractivity contribution in [3.8, 4) is 11.5 Å². The number of aliphatic imine (C=N–C) groups is 2. The van der Waals surface area contributed by atoms with E-state index < -0.39 is 16.3 Å². The minimum atomic E-state index is -3.22. The fraction of sp³-hybridized carbons (Fsp3) is 0.407. The lowest BCUT2D eigenvalue weighted by molar-refractivity contribution is 0.180. The number of amidine groups is 1. The number of fused-ring (bicyclic) bond motifs is 1. The van der Waals surface area contributed by atoms with Gasteiger partial charge in [0.05, 0.1) is 32.9 Å². The van der Waals surface area contributed by atoms with E-state index in [1.54, 1.807) is 20.6 Å². The molecule has 2 N–H and O–H groups in total. The topological polar surface area (TPSA) is 111 Å². The van der Waals surface area contributed by atoms with E-state index in [4.69, 9.17) is 19.2 Å². The van der Waals surface area contributed by atoms with Crippen LogP contribution in [-0.2, 0) is 14.8 Å². The third-order valence-electron chi connectivity index (χ3n) is 6.96. The van der Waals surface area contributed by atoms with Crippen LogP contribution in [0.2, 0.25) is 0 Å². The third kappa shape index (κ3) is 5.65. The van der Waals surface area contributed by atoms with Crippen LogP contribution in [-0.4, -0.2) is 59.4 Å². The number of benzene rings is 2. The van der Waals surface area contributed by atoms with Gasteiger partial charge in [-0.2, -0.15) is 0 Å². The maximum Gasteiger partial charge on any atom is 0.208 e. The van der Waals surface area contributed by atoms with Crippen LogP contribution in [0.3, 0.4) is 0 Å². The average Bonchev–Trinajstić information content (AvgIpc) is 3.30. The van der Waals surface area contributed by atoms with Crippen molar-refractivity contribution >= 4 is 33.5 Å². The van der Waals surface area contributed by atoms with Gasteiger partial charge in [-0.15, -0.1) is 0 Å². The third-order valence-corrected chi connectivity index (χ3v) is 7.72. The highest BCUT2D eigenvalue weighted by atomic mass is 32.2. The largest absolute Gasteiger partial charge is 0.497 e. The molecule has 1 fully saturated rings. The molecule has 2 aromatic carbocycles. The molecule has 0 amide bonds. The van der Waals surface area contributed by atoms with E-state index in [-0.39, 0.29) is 18.0 Å². The molecule has 0 spiro atoms. The Kier molecular flexibility index (Phi) is 7.21. The summed E-state index contributed by atoms with van der Waals surface area (Å²) >= 11 is 0. The summed E-state index contributed by atoms with van der Waals surface area (Å²) in [5.41, 5.74) is 2.95. The first-order chi connectivity index (χ1) is 17.8. The van der Waals surface area contributed by atoms with E-state index >= 15 is 0 Å². The number of methoxy groups -OCH3 is 2. The van der Waals surface area contributed by atoms with Gasteiger partial charge >= 0.3 is 0 Å². The molecule has 0 saturated heterocycles. The number of ether oxygens (including phenoxy) is 3. The molecule has 3 aliphatic rings. The first-order valence-corrected chi connectivity index (χ1v) is 14.3. The van der Waals surface area contributed by atoms with E-state index in [1.807, 2.05) is 48.5 Å². The van der Waals surface area contributed by atoms with Crippen molar-refractivity contribution in [1.82, 2.24) is 10.0 Å². The molecule has 2 unspecified atom stereocenters. The van der Waals surface area contributed by atoms with E-state index in [0.29, 0.717) is 0 Å². The molecule has 1 saturated carbocycles. The fourth-order valence-electron chi connectivity index (χ4n) is 5.18. The van der Waals surface area contributed by atoms with Crippen LogP contribution in [0.4, 0.5) is 0 Å². The van der Waals surface area contributed by atoms with Crippen molar-refractivity contribution in [2.24, 2.45) is 15.9 Å². The number of sulfonamides is 1. The van der Waals surface area contributed by atoms with Gasteiger partial charge in [0, 0.05) is 17.2 Å². The van der Waals surface area contributed by atoms with E-state index in [1.165, 1.54) is 6.26 Å². The summed E-state index contributed by atoms with van der Waals surface area (Å²) in [5, 5.41) is 3.29. The lowest BCUT2D eigenvalue weighted by atomic mass is 9.88. The van der Waals surface area contributed by atoms with Gasteiger partial charge in [0.1, 0.15) is 29.0 Å². The monoisotopic (exact) mass is 524 g/mol. The summed E-state index contributed by atoms with van der Waals surface area (Å²) in [5.74, 6) is 2.92. The number of hydrogen-bond acceptors (Lipinski definition) is 7. The predicted molar refractivity (Wildman–Crippen MR) is 144 cm³/mol. The summed E-state index contributed by atoms with van der Waals surface area (Å²) in [6.45, 7) is 0. The van der Waals surface area contributed by atoms with Gasteiger partial charge < -0.3 is 19.5 Å². The van der Waals surface area contributed by atoms with Crippen molar-refractivity contribution in [3.63, 3.8) is 0 Å². The standard InChI is InChI=1S/C27H32N4O5S/c1-34-21-12-4-17(5-13-21)23-24-26(30-19-8-10-20(11-9-19)31-37(3,32)33)28-16-29-27(24)36-25(23)18-6-14-22(35-2)15-7-18/h4-7,12-16,19-20,24,27,31H,8-11H2,1-3H3,(H,28,29,30). The van der Waals surface area contributed by atoms with Crippen molar-refractivity contribution < 1.29 is 22.6 Å². The van der Waals surface area contributed by atoms with Crippen LogP contribution in [0.5, 0.6) is 11.5 Å². The van der Waals surface area contributed by atoms with Crippen LogP contribution in [0.1, 0.15) is 36.8 Å². The Labute approximate surface area is 217 Å². The SMILES string of the molecule is COc1ccc(C2=C(c3ccc(OC)cc3)C3C(=NC4CCC(NS(C)(=O)=O)CC4)NC=NC3O2)cc1. The highest BCUT2D eigenvalue weighted by Crippen LogP contribution is 2.45. The van der Waals surface area contributed by atoms with Crippen LogP contribution in [0.25, 0.3) is 11.3 Å². The Morgan fingerprint density at radius 1 is 0.946 bits per heavy atom. The van der Waals surface area contributed by atoms with Gasteiger partial charge in [0.2, 0.25) is 16.3 Å². The molecule has 2 atom stereocenters. The summed E-state index contributed by atoms with van der Waals surface area (Å²) in [6.07, 6.45) is 5.55. The van der Waals surface area contributed by atoms with Gasteiger partial charge in [-0.25, -0.2) is 18.1 Å². The van der Waals surface area contributed by atoms with Gasteiger partial charge in [0.25, 0.3) is 0 Å². The number of rotatable bonds is 7. The minimum Gasteiger partial charge on any atom is -0.497 e. The zero-order chi connectivity index (χ0) is 26.0. The quantitative estimate of drug-likeness (QED) is 0.574. The molecule has 37 heavy (non-hydrogen) atoms. The Balaban J connectivity index is 1.48. The smallest absolute Gasteiger partial charge is 0.208 e. The molecule has 2 aliphatic heterocycles. The molecular weight excluding hydrogens is 492 g/mol. The van der Waals surface area contributed by atoms with Crippen molar-refractivity contribution in [3.05, 3.63) is 59.7 Å². The molecule has 1 aliphatic carbocycles. The molecule has 9 nitrogen and oxygen atoms in total. The van der Waals surface area contributed by atoms with Gasteiger partial charge in [-0.1, -0.05) is 12.1 Å². The first kappa shape index (κ1) is 25.3. The second kappa shape index (κ2) is 10.5. The molecule has 0 bridgehead atoms. The zero-order valence-electron chi connectivity index (χ0n) is 21.2. The number of hydrogen-bond donors (Lipinski definition) is 2. The van der Waals surface area contributed by atoms with Crippen molar-refractivity contribution in [2.75, 3.05) is 20.5 Å². The predicted octanol–water partition coefficient (Wildman–Crippen LogP) is 3.44. The lowest BCUT2D eigenvalue weighted by Crippen LogP contribution is -2.42. The highest BCUT2D eigenvalue weighted by molar-refractivity contribution is 7.88. The van der Waals surface area contributed by atoms with E-state index in [9.17, 15) is 8.42 Å². The maximum atomic E-state index is 11.6. The molecule has 5 rings (SSSR count). The summed E-state index contributed by atoms with van der Waals surface area (Å²) in [7, 11) is 0.0785. The summed E-state index contributed by atoms with van der Waals surface area (Å²) in [6, 6.07) is 15.8. The van der Waals surface area contributed by atoms with Crippen LogP contribution >= 0.6 is 0 Å². The normalized spacial score (nSPS) is 26.4. The van der Waals surface area contributed by atoms with E-state index in [2.05, 4.69) is 15.0 Å². The highest BCUT2D eigenvalue weighted by Gasteiger charge is 2.43. The molecule has 2 aromatic rings. The first-order valence-electron chi connectivity index (χ1n) is 12.4. The van der Waals surface area contributed by atoms with Gasteiger partial charge in [-0.05, 0) is 67.6 Å². The second-order valence-corrected chi connectivity index (χ2v) is 11.3. The van der Waals surface area contributed by atoms with Gasteiger partial charge in [0.15, 0.2) is 0 Å². The lowest BCUT2D eigenvalue weighted by Gasteiger charge is -2.29. The number of nitrogens with one attached hydrogen (secondary N) is 2. The average molecular weight is 525 g/mol. The van der Waals surface area contributed by atoms with Crippen LogP contribution in [0, 0.1) is 5.92 Å². The molecule has 10 heteroatoms. The zero-order valence-corrected chi connectivity index (χ0v) is 22.0. The summed E-state index contributed by atoms with van der Waals surface area (Å²) in [4.78, 5) is 9.71.